The lowest BCUT2D eigenvalue weighted by atomic mass is 10.1. The van der Waals surface area contributed by atoms with Crippen LogP contribution in [0.3, 0.4) is 0 Å². The third kappa shape index (κ3) is 3.94. The molecule has 2 aromatic carbocycles. The summed E-state index contributed by atoms with van der Waals surface area (Å²) < 4.78 is 0. The van der Waals surface area contributed by atoms with Gasteiger partial charge in [-0.05, 0) is 56.2 Å². The summed E-state index contributed by atoms with van der Waals surface area (Å²) in [5.41, 5.74) is 4.80. The van der Waals surface area contributed by atoms with Crippen molar-refractivity contribution in [1.82, 2.24) is 10.2 Å². The summed E-state index contributed by atoms with van der Waals surface area (Å²) >= 11 is 5.23. The third-order valence-corrected chi connectivity index (χ3v) is 4.81. The van der Waals surface area contributed by atoms with Crippen molar-refractivity contribution in [2.24, 2.45) is 0 Å². The fraction of sp³-hybridized carbons (Fsp3) is 0.238. The van der Waals surface area contributed by atoms with Gasteiger partial charge in [0.1, 0.15) is 0 Å². The lowest BCUT2D eigenvalue weighted by molar-refractivity contribution is -0.119. The maximum Gasteiger partial charge on any atom is 0.261 e. The van der Waals surface area contributed by atoms with E-state index in [4.69, 9.17) is 12.2 Å². The molecule has 2 aromatic rings. The Labute approximate surface area is 168 Å². The monoisotopic (exact) mass is 395 g/mol. The van der Waals surface area contributed by atoms with E-state index in [0.29, 0.717) is 11.1 Å². The number of nitrogens with one attached hydrogen (secondary N) is 2. The van der Waals surface area contributed by atoms with Crippen LogP contribution in [-0.4, -0.2) is 34.3 Å². The molecule has 0 radical (unpaired) electrons. The zero-order valence-electron chi connectivity index (χ0n) is 16.0. The summed E-state index contributed by atoms with van der Waals surface area (Å²) in [6, 6.07) is 10.7. The second kappa shape index (κ2) is 7.90. The van der Waals surface area contributed by atoms with E-state index in [1.807, 2.05) is 32.9 Å². The summed E-state index contributed by atoms with van der Waals surface area (Å²) in [6.45, 7) is 5.95. The maximum absolute atomic E-state index is 12.3. The summed E-state index contributed by atoms with van der Waals surface area (Å²) in [4.78, 5) is 38.0. The van der Waals surface area contributed by atoms with Gasteiger partial charge in [-0.1, -0.05) is 29.8 Å². The highest BCUT2D eigenvalue weighted by molar-refractivity contribution is 7.80. The van der Waals surface area contributed by atoms with Crippen LogP contribution in [-0.2, 0) is 4.79 Å². The molecular formula is C21H21N3O3S. The van der Waals surface area contributed by atoms with Crippen molar-refractivity contribution in [3.63, 3.8) is 0 Å². The van der Waals surface area contributed by atoms with Crippen molar-refractivity contribution in [2.45, 2.75) is 27.2 Å². The van der Waals surface area contributed by atoms with Gasteiger partial charge in [-0.3, -0.25) is 19.3 Å². The van der Waals surface area contributed by atoms with Gasteiger partial charge in [0.05, 0.1) is 11.1 Å². The second-order valence-corrected chi connectivity index (χ2v) is 7.24. The summed E-state index contributed by atoms with van der Waals surface area (Å²) in [6.07, 6.45) is -0.0286. The van der Waals surface area contributed by atoms with Crippen LogP contribution in [0.25, 0.3) is 0 Å². The molecule has 0 spiro atoms. The average Bonchev–Trinajstić information content (AvgIpc) is 2.87. The van der Waals surface area contributed by atoms with Gasteiger partial charge >= 0.3 is 0 Å². The first-order valence-electron chi connectivity index (χ1n) is 8.92. The van der Waals surface area contributed by atoms with Crippen LogP contribution < -0.4 is 10.6 Å². The van der Waals surface area contributed by atoms with Crippen LogP contribution in [0.1, 0.15) is 43.8 Å². The van der Waals surface area contributed by atoms with E-state index in [1.165, 1.54) is 0 Å². The molecule has 144 valence electrons. The molecule has 0 atom stereocenters. The minimum Gasteiger partial charge on any atom is -0.332 e. The van der Waals surface area contributed by atoms with E-state index in [2.05, 4.69) is 10.6 Å². The molecule has 3 amide bonds. The van der Waals surface area contributed by atoms with Gasteiger partial charge in [0, 0.05) is 18.7 Å². The average molecular weight is 395 g/mol. The number of nitrogens with zero attached hydrogens (tertiary/aromatic N) is 1. The normalized spacial score (nSPS) is 12.8. The van der Waals surface area contributed by atoms with Gasteiger partial charge in [-0.2, -0.15) is 0 Å². The molecule has 0 aromatic heterocycles. The van der Waals surface area contributed by atoms with Gasteiger partial charge in [0.25, 0.3) is 11.8 Å². The highest BCUT2D eigenvalue weighted by Crippen LogP contribution is 2.23. The number of thiocarbonyl (C=S) groups is 1. The predicted octanol–water partition coefficient (Wildman–Crippen LogP) is 3.11. The maximum atomic E-state index is 12.3. The number of hydrogen-bond acceptors (Lipinski definition) is 4. The number of imide groups is 1. The first-order valence-corrected chi connectivity index (χ1v) is 9.32. The molecule has 3 rings (SSSR count). The Morgan fingerprint density at radius 1 is 1.00 bits per heavy atom. The van der Waals surface area contributed by atoms with Gasteiger partial charge in [-0.25, -0.2) is 0 Å². The number of anilines is 1. The van der Waals surface area contributed by atoms with Crippen LogP contribution in [0.15, 0.2) is 36.4 Å². The van der Waals surface area contributed by atoms with Gasteiger partial charge in [0.2, 0.25) is 5.91 Å². The SMILES string of the molecule is Cc1cc(C)c(NC(=S)NC(=O)CCN2C(=O)c3ccccc3C2=O)c(C)c1. The zero-order chi connectivity index (χ0) is 20.4. The quantitative estimate of drug-likeness (QED) is 0.614. The van der Waals surface area contributed by atoms with Crippen LogP contribution >= 0.6 is 12.2 Å². The van der Waals surface area contributed by atoms with Crippen LogP contribution in [0.4, 0.5) is 5.69 Å². The standard InChI is InChI=1S/C21H21N3O3S/c1-12-10-13(2)18(14(3)11-12)23-21(28)22-17(25)8-9-24-19(26)15-6-4-5-7-16(15)20(24)27/h4-7,10-11H,8-9H2,1-3H3,(H2,22,23,25,28). The molecule has 0 bridgehead atoms. The van der Waals surface area contributed by atoms with Gasteiger partial charge in [-0.15, -0.1) is 0 Å². The molecule has 0 saturated carbocycles. The van der Waals surface area contributed by atoms with Crippen LogP contribution in [0.2, 0.25) is 0 Å². The Hall–Kier alpha value is -3.06. The Morgan fingerprint density at radius 2 is 1.54 bits per heavy atom. The minimum absolute atomic E-state index is 0.00335. The Kier molecular flexibility index (Phi) is 5.56. The minimum atomic E-state index is -0.375. The smallest absolute Gasteiger partial charge is 0.261 e. The summed E-state index contributed by atoms with van der Waals surface area (Å²) in [5, 5.41) is 5.84. The molecule has 2 N–H and O–H groups in total. The highest BCUT2D eigenvalue weighted by atomic mass is 32.1. The molecule has 1 aliphatic rings. The molecule has 6 nitrogen and oxygen atoms in total. The molecule has 28 heavy (non-hydrogen) atoms. The third-order valence-electron chi connectivity index (χ3n) is 4.61. The van der Waals surface area contributed by atoms with Crippen molar-refractivity contribution in [3.8, 4) is 0 Å². The first-order chi connectivity index (χ1) is 13.3. The van der Waals surface area contributed by atoms with Crippen molar-refractivity contribution < 1.29 is 14.4 Å². The largest absolute Gasteiger partial charge is 0.332 e. The molecule has 0 aliphatic carbocycles. The Bertz CT molecular complexity index is 942. The molecule has 1 heterocycles. The van der Waals surface area contributed by atoms with E-state index in [0.717, 1.165) is 27.3 Å². The number of benzene rings is 2. The van der Waals surface area contributed by atoms with Crippen molar-refractivity contribution in [2.75, 3.05) is 11.9 Å². The molecule has 0 saturated heterocycles. The topological polar surface area (TPSA) is 78.5 Å². The Balaban J connectivity index is 1.56. The number of aryl methyl sites for hydroxylation is 3. The number of rotatable bonds is 4. The lowest BCUT2D eigenvalue weighted by Crippen LogP contribution is -2.38. The number of fused-ring (bicyclic) bond motifs is 1. The van der Waals surface area contributed by atoms with Crippen molar-refractivity contribution in [1.29, 1.82) is 0 Å². The summed E-state index contributed by atoms with van der Waals surface area (Å²) in [5.74, 6) is -1.11. The van der Waals surface area contributed by atoms with E-state index in [1.54, 1.807) is 24.3 Å². The van der Waals surface area contributed by atoms with Crippen molar-refractivity contribution in [3.05, 3.63) is 64.2 Å². The molecule has 7 heteroatoms. The predicted molar refractivity (Wildman–Crippen MR) is 111 cm³/mol. The van der Waals surface area contributed by atoms with E-state index < -0.39 is 0 Å². The fourth-order valence-electron chi connectivity index (χ4n) is 3.37. The Morgan fingerprint density at radius 3 is 2.07 bits per heavy atom. The summed E-state index contributed by atoms with van der Waals surface area (Å²) in [7, 11) is 0. The number of amides is 3. The van der Waals surface area contributed by atoms with Crippen LogP contribution in [0, 0.1) is 20.8 Å². The molecular weight excluding hydrogens is 374 g/mol. The first kappa shape index (κ1) is 19.7. The number of hydrogen-bond donors (Lipinski definition) is 2. The number of carbonyl (C=O) groups is 3. The lowest BCUT2D eigenvalue weighted by Gasteiger charge is -2.16. The van der Waals surface area contributed by atoms with E-state index in [9.17, 15) is 14.4 Å². The second-order valence-electron chi connectivity index (χ2n) is 6.83. The van der Waals surface area contributed by atoms with Crippen LogP contribution in [0.5, 0.6) is 0 Å². The van der Waals surface area contributed by atoms with Gasteiger partial charge in [0.15, 0.2) is 5.11 Å². The molecule has 0 fully saturated rings. The number of carbonyl (C=O) groups excluding carboxylic acids is 3. The van der Waals surface area contributed by atoms with Gasteiger partial charge < -0.3 is 10.6 Å². The molecule has 1 aliphatic heterocycles. The van der Waals surface area contributed by atoms with Crippen molar-refractivity contribution >= 4 is 40.7 Å². The fourth-order valence-corrected chi connectivity index (χ4v) is 3.58. The van der Waals surface area contributed by atoms with E-state index >= 15 is 0 Å². The van der Waals surface area contributed by atoms with E-state index in [-0.39, 0.29) is 35.8 Å². The highest BCUT2D eigenvalue weighted by Gasteiger charge is 2.34. The zero-order valence-corrected chi connectivity index (χ0v) is 16.8. The molecule has 0 unspecified atom stereocenters.